The highest BCUT2D eigenvalue weighted by atomic mass is 16.1. The molecular formula is C13H15NO. The zero-order valence-corrected chi connectivity index (χ0v) is 8.70. The minimum absolute atomic E-state index is 0.515. The van der Waals surface area contributed by atoms with Crippen LogP contribution in [0.25, 0.3) is 5.57 Å². The Morgan fingerprint density at radius 3 is 2.93 bits per heavy atom. The molecule has 0 bridgehead atoms. The van der Waals surface area contributed by atoms with Gasteiger partial charge < -0.3 is 10.1 Å². The lowest BCUT2D eigenvalue weighted by Crippen LogP contribution is -2.20. The highest BCUT2D eigenvalue weighted by Crippen LogP contribution is 2.23. The lowest BCUT2D eigenvalue weighted by Gasteiger charge is -2.16. The number of nitrogens with one attached hydrogen (secondary N) is 1. The average Bonchev–Trinajstić information content (AvgIpc) is 2.31. The molecule has 0 aromatic heterocycles. The summed E-state index contributed by atoms with van der Waals surface area (Å²) in [4.78, 5) is 10.6. The van der Waals surface area contributed by atoms with E-state index in [0.717, 1.165) is 31.4 Å². The first-order valence-electron chi connectivity index (χ1n) is 5.33. The van der Waals surface area contributed by atoms with Gasteiger partial charge in [-0.3, -0.25) is 0 Å². The second-order valence-corrected chi connectivity index (χ2v) is 3.71. The fraction of sp³-hybridized carbons (Fsp3) is 0.308. The van der Waals surface area contributed by atoms with Crippen molar-refractivity contribution in [2.24, 2.45) is 0 Å². The number of benzene rings is 1. The quantitative estimate of drug-likeness (QED) is 0.756. The van der Waals surface area contributed by atoms with Crippen molar-refractivity contribution in [1.82, 2.24) is 5.32 Å². The molecule has 78 valence electrons. The van der Waals surface area contributed by atoms with Crippen LogP contribution >= 0.6 is 0 Å². The van der Waals surface area contributed by atoms with Crippen molar-refractivity contribution >= 4 is 11.9 Å². The summed E-state index contributed by atoms with van der Waals surface area (Å²) in [5, 5.41) is 3.29. The van der Waals surface area contributed by atoms with E-state index in [-0.39, 0.29) is 0 Å². The molecule has 1 aromatic rings. The number of hydrogen-bond donors (Lipinski definition) is 1. The predicted octanol–water partition coefficient (Wildman–Crippen LogP) is 1.80. The van der Waals surface area contributed by atoms with Crippen molar-refractivity contribution in [3.8, 4) is 0 Å². The second kappa shape index (κ2) is 4.89. The Balaban J connectivity index is 2.33. The SMILES string of the molecule is O=CCc1ccccc1C1=CCNCC1. The fourth-order valence-electron chi connectivity index (χ4n) is 1.97. The molecule has 0 unspecified atom stereocenters. The van der Waals surface area contributed by atoms with Crippen LogP contribution in [0.15, 0.2) is 30.3 Å². The summed E-state index contributed by atoms with van der Waals surface area (Å²) in [6, 6.07) is 8.17. The third-order valence-electron chi connectivity index (χ3n) is 2.73. The smallest absolute Gasteiger partial charge is 0.124 e. The number of carbonyl (C=O) groups is 1. The molecule has 2 heteroatoms. The van der Waals surface area contributed by atoms with E-state index in [1.165, 1.54) is 11.1 Å². The van der Waals surface area contributed by atoms with Crippen molar-refractivity contribution in [3.05, 3.63) is 41.5 Å². The molecule has 15 heavy (non-hydrogen) atoms. The van der Waals surface area contributed by atoms with Crippen LogP contribution < -0.4 is 5.32 Å². The summed E-state index contributed by atoms with van der Waals surface area (Å²) < 4.78 is 0. The standard InChI is InChI=1S/C13H15NO/c15-10-7-11-3-1-2-4-13(11)12-5-8-14-9-6-12/h1-5,10,14H,6-9H2. The molecule has 0 fully saturated rings. The van der Waals surface area contributed by atoms with Crippen LogP contribution in [-0.2, 0) is 11.2 Å². The minimum atomic E-state index is 0.515. The van der Waals surface area contributed by atoms with Gasteiger partial charge in [-0.2, -0.15) is 0 Å². The maximum absolute atomic E-state index is 10.6. The molecule has 0 radical (unpaired) electrons. The van der Waals surface area contributed by atoms with Crippen LogP contribution in [0.5, 0.6) is 0 Å². The Kier molecular flexibility index (Phi) is 3.30. The van der Waals surface area contributed by atoms with Crippen molar-refractivity contribution in [3.63, 3.8) is 0 Å². The second-order valence-electron chi connectivity index (χ2n) is 3.71. The molecule has 2 nitrogen and oxygen atoms in total. The first-order chi connectivity index (χ1) is 7.42. The number of hydrogen-bond acceptors (Lipinski definition) is 2. The van der Waals surface area contributed by atoms with Gasteiger partial charge in [0, 0.05) is 13.0 Å². The minimum Gasteiger partial charge on any atom is -0.313 e. The Bertz CT molecular complexity index is 382. The third kappa shape index (κ3) is 2.34. The van der Waals surface area contributed by atoms with E-state index >= 15 is 0 Å². The average molecular weight is 201 g/mol. The van der Waals surface area contributed by atoms with E-state index in [1.54, 1.807) is 0 Å². The first kappa shape index (κ1) is 10.1. The molecule has 0 amide bonds. The van der Waals surface area contributed by atoms with Crippen molar-refractivity contribution in [1.29, 1.82) is 0 Å². The third-order valence-corrected chi connectivity index (χ3v) is 2.73. The lowest BCUT2D eigenvalue weighted by molar-refractivity contribution is -0.107. The number of aldehydes is 1. The summed E-state index contributed by atoms with van der Waals surface area (Å²) in [5.41, 5.74) is 3.75. The van der Waals surface area contributed by atoms with Crippen LogP contribution in [0.2, 0.25) is 0 Å². The summed E-state index contributed by atoms with van der Waals surface area (Å²) in [6.45, 7) is 1.96. The Labute approximate surface area is 90.0 Å². The topological polar surface area (TPSA) is 29.1 Å². The molecule has 2 rings (SSSR count). The summed E-state index contributed by atoms with van der Waals surface area (Å²) in [5.74, 6) is 0. The summed E-state index contributed by atoms with van der Waals surface area (Å²) in [7, 11) is 0. The first-order valence-corrected chi connectivity index (χ1v) is 5.33. The summed E-state index contributed by atoms with van der Waals surface area (Å²) in [6.07, 6.45) is 4.75. The van der Waals surface area contributed by atoms with Crippen LogP contribution in [-0.4, -0.2) is 19.4 Å². The Morgan fingerprint density at radius 2 is 2.20 bits per heavy atom. The molecule has 1 aliphatic heterocycles. The van der Waals surface area contributed by atoms with Gasteiger partial charge in [-0.05, 0) is 29.7 Å². The monoisotopic (exact) mass is 201 g/mol. The van der Waals surface area contributed by atoms with Crippen LogP contribution in [0.1, 0.15) is 17.5 Å². The van der Waals surface area contributed by atoms with Gasteiger partial charge in [0.05, 0.1) is 0 Å². The van der Waals surface area contributed by atoms with Gasteiger partial charge in [0.1, 0.15) is 6.29 Å². The van der Waals surface area contributed by atoms with Crippen LogP contribution in [0.3, 0.4) is 0 Å². The van der Waals surface area contributed by atoms with Gasteiger partial charge in [-0.25, -0.2) is 0 Å². The van der Waals surface area contributed by atoms with E-state index < -0.39 is 0 Å². The highest BCUT2D eigenvalue weighted by molar-refractivity contribution is 5.71. The maximum Gasteiger partial charge on any atom is 0.124 e. The molecule has 0 saturated carbocycles. The van der Waals surface area contributed by atoms with Gasteiger partial charge in [0.2, 0.25) is 0 Å². The zero-order chi connectivity index (χ0) is 10.5. The van der Waals surface area contributed by atoms with Crippen molar-refractivity contribution < 1.29 is 4.79 Å². The van der Waals surface area contributed by atoms with Gasteiger partial charge >= 0.3 is 0 Å². The summed E-state index contributed by atoms with van der Waals surface area (Å²) >= 11 is 0. The Morgan fingerprint density at radius 1 is 1.33 bits per heavy atom. The molecule has 1 aromatic carbocycles. The highest BCUT2D eigenvalue weighted by Gasteiger charge is 2.08. The molecule has 1 aliphatic rings. The van der Waals surface area contributed by atoms with Gasteiger partial charge in [-0.1, -0.05) is 30.3 Å². The number of rotatable bonds is 3. The molecular weight excluding hydrogens is 186 g/mol. The Hall–Kier alpha value is -1.41. The van der Waals surface area contributed by atoms with E-state index in [9.17, 15) is 4.79 Å². The molecule has 0 aliphatic carbocycles. The van der Waals surface area contributed by atoms with Crippen LogP contribution in [0.4, 0.5) is 0 Å². The van der Waals surface area contributed by atoms with Gasteiger partial charge in [-0.15, -0.1) is 0 Å². The molecule has 1 heterocycles. The van der Waals surface area contributed by atoms with E-state index in [0.29, 0.717) is 6.42 Å². The zero-order valence-electron chi connectivity index (χ0n) is 8.70. The molecule has 0 saturated heterocycles. The normalized spacial score (nSPS) is 15.9. The predicted molar refractivity (Wildman–Crippen MR) is 61.7 cm³/mol. The fourth-order valence-corrected chi connectivity index (χ4v) is 1.97. The van der Waals surface area contributed by atoms with E-state index in [4.69, 9.17) is 0 Å². The molecule has 0 atom stereocenters. The van der Waals surface area contributed by atoms with E-state index in [1.807, 2.05) is 18.2 Å². The van der Waals surface area contributed by atoms with Crippen LogP contribution in [0, 0.1) is 0 Å². The van der Waals surface area contributed by atoms with Gasteiger partial charge in [0.25, 0.3) is 0 Å². The van der Waals surface area contributed by atoms with Gasteiger partial charge in [0.15, 0.2) is 0 Å². The largest absolute Gasteiger partial charge is 0.313 e. The molecule has 1 N–H and O–H groups in total. The lowest BCUT2D eigenvalue weighted by atomic mass is 9.94. The molecule has 0 spiro atoms. The number of carbonyl (C=O) groups excluding carboxylic acids is 1. The van der Waals surface area contributed by atoms with Crippen molar-refractivity contribution in [2.45, 2.75) is 12.8 Å². The maximum atomic E-state index is 10.6. The van der Waals surface area contributed by atoms with Crippen molar-refractivity contribution in [2.75, 3.05) is 13.1 Å². The van der Waals surface area contributed by atoms with E-state index in [2.05, 4.69) is 17.5 Å².